The molecule has 5 heteroatoms. The highest BCUT2D eigenvalue weighted by molar-refractivity contribution is 5.44. The number of nitro groups is 1. The number of hydrogen-bond donors (Lipinski definition) is 1. The molecule has 0 amide bonds. The average Bonchev–Trinajstić information content (AvgIpc) is 2.26. The Morgan fingerprint density at radius 2 is 2.25 bits per heavy atom. The van der Waals surface area contributed by atoms with Gasteiger partial charge in [0.1, 0.15) is 0 Å². The second kappa shape index (κ2) is 6.17. The molecule has 16 heavy (non-hydrogen) atoms. The van der Waals surface area contributed by atoms with E-state index in [4.69, 9.17) is 0 Å². The molecular formula is C11H15FN2O2. The molecule has 0 radical (unpaired) electrons. The van der Waals surface area contributed by atoms with Crippen molar-refractivity contribution in [1.29, 1.82) is 0 Å². The molecule has 1 aromatic rings. The summed E-state index contributed by atoms with van der Waals surface area (Å²) in [5, 5.41) is 13.7. The van der Waals surface area contributed by atoms with Crippen molar-refractivity contribution in [1.82, 2.24) is 5.32 Å². The van der Waals surface area contributed by atoms with Gasteiger partial charge in [-0.05, 0) is 25.5 Å². The number of alkyl halides is 1. The summed E-state index contributed by atoms with van der Waals surface area (Å²) in [4.78, 5) is 10.3. The standard InChI is InChI=1S/C11H15FN2O2/c1-9-10(8-13-7-3-6-12)4-2-5-11(9)14(15)16/h2,4-5,13H,3,6-8H2,1H3. The van der Waals surface area contributed by atoms with Gasteiger partial charge in [0, 0.05) is 18.2 Å². The third kappa shape index (κ3) is 3.27. The highest BCUT2D eigenvalue weighted by Gasteiger charge is 2.12. The Morgan fingerprint density at radius 3 is 2.88 bits per heavy atom. The number of rotatable bonds is 6. The zero-order valence-electron chi connectivity index (χ0n) is 9.20. The lowest BCUT2D eigenvalue weighted by molar-refractivity contribution is -0.385. The van der Waals surface area contributed by atoms with Gasteiger partial charge in [0.15, 0.2) is 0 Å². The van der Waals surface area contributed by atoms with Gasteiger partial charge in [0.2, 0.25) is 0 Å². The predicted molar refractivity (Wildman–Crippen MR) is 60.1 cm³/mol. The number of halogens is 1. The van der Waals surface area contributed by atoms with Crippen molar-refractivity contribution in [3.05, 3.63) is 39.4 Å². The third-order valence-electron chi connectivity index (χ3n) is 2.42. The molecule has 0 aliphatic carbocycles. The Balaban J connectivity index is 2.66. The van der Waals surface area contributed by atoms with Crippen LogP contribution in [0.2, 0.25) is 0 Å². The minimum atomic E-state index is -0.388. The third-order valence-corrected chi connectivity index (χ3v) is 2.42. The first-order valence-corrected chi connectivity index (χ1v) is 5.16. The molecule has 0 saturated carbocycles. The minimum absolute atomic E-state index is 0.129. The lowest BCUT2D eigenvalue weighted by atomic mass is 10.1. The maximum Gasteiger partial charge on any atom is 0.272 e. The van der Waals surface area contributed by atoms with Crippen LogP contribution in [0.5, 0.6) is 0 Å². The molecular weight excluding hydrogens is 211 g/mol. The maximum atomic E-state index is 11.8. The van der Waals surface area contributed by atoms with Gasteiger partial charge in [-0.25, -0.2) is 0 Å². The second-order valence-electron chi connectivity index (χ2n) is 3.54. The normalized spacial score (nSPS) is 10.4. The van der Waals surface area contributed by atoms with E-state index in [-0.39, 0.29) is 17.3 Å². The second-order valence-corrected chi connectivity index (χ2v) is 3.54. The molecule has 1 aromatic carbocycles. The molecule has 0 aliphatic heterocycles. The lowest BCUT2D eigenvalue weighted by Crippen LogP contribution is -2.16. The molecule has 0 spiro atoms. The lowest BCUT2D eigenvalue weighted by Gasteiger charge is -2.07. The van der Waals surface area contributed by atoms with E-state index in [0.717, 1.165) is 5.56 Å². The Morgan fingerprint density at radius 1 is 1.50 bits per heavy atom. The summed E-state index contributed by atoms with van der Waals surface area (Å²) in [6.45, 7) is 2.50. The van der Waals surface area contributed by atoms with Crippen molar-refractivity contribution in [2.24, 2.45) is 0 Å². The topological polar surface area (TPSA) is 55.2 Å². The van der Waals surface area contributed by atoms with Crippen molar-refractivity contribution in [3.8, 4) is 0 Å². The highest BCUT2D eigenvalue weighted by Crippen LogP contribution is 2.20. The molecule has 1 N–H and O–H groups in total. The molecule has 0 atom stereocenters. The molecule has 4 nitrogen and oxygen atoms in total. The Labute approximate surface area is 93.6 Å². The number of nitrogens with zero attached hydrogens (tertiary/aromatic N) is 1. The van der Waals surface area contributed by atoms with Crippen LogP contribution in [0.3, 0.4) is 0 Å². The molecule has 1 rings (SSSR count). The van der Waals surface area contributed by atoms with Crippen LogP contribution in [0, 0.1) is 17.0 Å². The molecule has 88 valence electrons. The largest absolute Gasteiger partial charge is 0.313 e. The van der Waals surface area contributed by atoms with Crippen LogP contribution in [0.15, 0.2) is 18.2 Å². The first-order valence-electron chi connectivity index (χ1n) is 5.16. The summed E-state index contributed by atoms with van der Waals surface area (Å²) in [5.41, 5.74) is 1.68. The summed E-state index contributed by atoms with van der Waals surface area (Å²) < 4.78 is 11.8. The SMILES string of the molecule is Cc1c(CNCCCF)cccc1[N+](=O)[O-]. The fourth-order valence-corrected chi connectivity index (χ4v) is 1.47. The fourth-order valence-electron chi connectivity index (χ4n) is 1.47. The van der Waals surface area contributed by atoms with Crippen molar-refractivity contribution < 1.29 is 9.31 Å². The van der Waals surface area contributed by atoms with Gasteiger partial charge >= 0.3 is 0 Å². The van der Waals surface area contributed by atoms with E-state index in [9.17, 15) is 14.5 Å². The van der Waals surface area contributed by atoms with E-state index in [1.807, 2.05) is 6.07 Å². The van der Waals surface area contributed by atoms with Gasteiger partial charge in [-0.15, -0.1) is 0 Å². The Kier molecular flexibility index (Phi) is 4.85. The molecule has 0 saturated heterocycles. The van der Waals surface area contributed by atoms with E-state index in [0.29, 0.717) is 25.1 Å². The first kappa shape index (κ1) is 12.6. The van der Waals surface area contributed by atoms with E-state index in [1.54, 1.807) is 13.0 Å². The molecule has 0 heterocycles. The quantitative estimate of drug-likeness (QED) is 0.460. The minimum Gasteiger partial charge on any atom is -0.313 e. The maximum absolute atomic E-state index is 11.8. The molecule has 0 aliphatic rings. The summed E-state index contributed by atoms with van der Waals surface area (Å²) in [6, 6.07) is 4.99. The monoisotopic (exact) mass is 226 g/mol. The zero-order chi connectivity index (χ0) is 12.0. The van der Waals surface area contributed by atoms with Crippen molar-refractivity contribution in [2.75, 3.05) is 13.2 Å². The van der Waals surface area contributed by atoms with Crippen molar-refractivity contribution >= 4 is 5.69 Å². The van der Waals surface area contributed by atoms with E-state index < -0.39 is 0 Å². The average molecular weight is 226 g/mol. The van der Waals surface area contributed by atoms with Crippen LogP contribution >= 0.6 is 0 Å². The van der Waals surface area contributed by atoms with Crippen LogP contribution in [0.25, 0.3) is 0 Å². The van der Waals surface area contributed by atoms with Gasteiger partial charge in [0.25, 0.3) is 5.69 Å². The number of nitro benzene ring substituents is 1. The summed E-state index contributed by atoms with van der Waals surface area (Å²) >= 11 is 0. The van der Waals surface area contributed by atoms with Crippen LogP contribution < -0.4 is 5.32 Å². The van der Waals surface area contributed by atoms with E-state index >= 15 is 0 Å². The fraction of sp³-hybridized carbons (Fsp3) is 0.455. The summed E-state index contributed by atoms with van der Waals surface area (Å²) in [7, 11) is 0. The highest BCUT2D eigenvalue weighted by atomic mass is 19.1. The van der Waals surface area contributed by atoms with Crippen LogP contribution in [0.1, 0.15) is 17.5 Å². The van der Waals surface area contributed by atoms with Crippen molar-refractivity contribution in [3.63, 3.8) is 0 Å². The summed E-state index contributed by atoms with van der Waals surface area (Å²) in [6.07, 6.45) is 0.466. The Hall–Kier alpha value is -1.49. The van der Waals surface area contributed by atoms with Gasteiger partial charge < -0.3 is 5.32 Å². The van der Waals surface area contributed by atoms with Gasteiger partial charge in [-0.2, -0.15) is 0 Å². The smallest absolute Gasteiger partial charge is 0.272 e. The van der Waals surface area contributed by atoms with Crippen LogP contribution in [-0.4, -0.2) is 18.1 Å². The molecule has 0 bridgehead atoms. The zero-order valence-corrected chi connectivity index (χ0v) is 9.20. The number of nitrogens with one attached hydrogen (secondary N) is 1. The Bertz CT molecular complexity index is 369. The van der Waals surface area contributed by atoms with Crippen molar-refractivity contribution in [2.45, 2.75) is 19.9 Å². The van der Waals surface area contributed by atoms with E-state index in [1.165, 1.54) is 6.07 Å². The number of benzene rings is 1. The van der Waals surface area contributed by atoms with Gasteiger partial charge in [-0.1, -0.05) is 12.1 Å². The number of hydrogen-bond acceptors (Lipinski definition) is 3. The van der Waals surface area contributed by atoms with Crippen LogP contribution in [-0.2, 0) is 6.54 Å². The first-order chi connectivity index (χ1) is 7.66. The summed E-state index contributed by atoms with van der Waals surface area (Å²) in [5.74, 6) is 0. The molecule has 0 aromatic heterocycles. The van der Waals surface area contributed by atoms with E-state index in [2.05, 4.69) is 5.32 Å². The molecule has 0 fully saturated rings. The van der Waals surface area contributed by atoms with Crippen LogP contribution in [0.4, 0.5) is 10.1 Å². The van der Waals surface area contributed by atoms with Gasteiger partial charge in [-0.3, -0.25) is 14.5 Å². The predicted octanol–water partition coefficient (Wildman–Crippen LogP) is 2.35. The molecule has 0 unspecified atom stereocenters. The van der Waals surface area contributed by atoms with Gasteiger partial charge in [0.05, 0.1) is 11.6 Å².